The molecule has 1 aromatic rings. The summed E-state index contributed by atoms with van der Waals surface area (Å²) in [6.45, 7) is 5.54. The lowest BCUT2D eigenvalue weighted by Crippen LogP contribution is -2.41. The van der Waals surface area contributed by atoms with Gasteiger partial charge in [-0.1, -0.05) is 36.2 Å². The van der Waals surface area contributed by atoms with Gasteiger partial charge in [0.25, 0.3) is 0 Å². The van der Waals surface area contributed by atoms with Crippen LogP contribution in [-0.2, 0) is 4.79 Å². The lowest BCUT2D eigenvalue weighted by Gasteiger charge is -2.29. The molecule has 122 valence electrons. The molecule has 0 aromatic heterocycles. The zero-order valence-corrected chi connectivity index (χ0v) is 13.7. The highest BCUT2D eigenvalue weighted by Gasteiger charge is 2.34. The van der Waals surface area contributed by atoms with E-state index in [0.717, 1.165) is 30.4 Å². The molecule has 1 fully saturated rings. The number of aliphatic hydroxyl groups is 1. The van der Waals surface area contributed by atoms with Gasteiger partial charge in [-0.2, -0.15) is 0 Å². The normalized spacial score (nSPS) is 22.5. The first-order chi connectivity index (χ1) is 10.6. The standard InChI is InChI=1S/C18H28N2O2/c1-3-20(18(22)16-6-4-5-15(16)11-19)12-17(21)14-9-7-13(2)8-10-14/h7-10,15-17,21H,3-6,11-12,19H2,1-2H3/t15-,16-,17?/m1/s1. The van der Waals surface area contributed by atoms with Gasteiger partial charge < -0.3 is 15.7 Å². The molecule has 1 aromatic carbocycles. The van der Waals surface area contributed by atoms with Crippen molar-refractivity contribution in [3.05, 3.63) is 35.4 Å². The number of hydrogen-bond acceptors (Lipinski definition) is 3. The van der Waals surface area contributed by atoms with Crippen LogP contribution in [0.25, 0.3) is 0 Å². The van der Waals surface area contributed by atoms with Crippen molar-refractivity contribution in [3.63, 3.8) is 0 Å². The van der Waals surface area contributed by atoms with E-state index in [0.29, 0.717) is 25.6 Å². The molecule has 0 spiro atoms. The van der Waals surface area contributed by atoms with E-state index in [-0.39, 0.29) is 11.8 Å². The summed E-state index contributed by atoms with van der Waals surface area (Å²) in [5.41, 5.74) is 7.81. The molecule has 1 aliphatic rings. The summed E-state index contributed by atoms with van der Waals surface area (Å²) in [7, 11) is 0. The molecule has 1 amide bonds. The number of aryl methyl sites for hydroxylation is 1. The van der Waals surface area contributed by atoms with Crippen LogP contribution in [0.4, 0.5) is 0 Å². The highest BCUT2D eigenvalue weighted by Crippen LogP contribution is 2.32. The van der Waals surface area contributed by atoms with Crippen molar-refractivity contribution in [2.45, 2.75) is 39.2 Å². The van der Waals surface area contributed by atoms with Gasteiger partial charge in [-0.3, -0.25) is 4.79 Å². The topological polar surface area (TPSA) is 66.6 Å². The molecule has 3 atom stereocenters. The Morgan fingerprint density at radius 2 is 2.05 bits per heavy atom. The molecule has 3 N–H and O–H groups in total. The van der Waals surface area contributed by atoms with E-state index in [1.165, 1.54) is 0 Å². The Morgan fingerprint density at radius 1 is 1.36 bits per heavy atom. The first-order valence-corrected chi connectivity index (χ1v) is 8.30. The molecule has 1 unspecified atom stereocenters. The quantitative estimate of drug-likeness (QED) is 0.847. The van der Waals surface area contributed by atoms with E-state index in [1.54, 1.807) is 4.90 Å². The van der Waals surface area contributed by atoms with Crippen molar-refractivity contribution < 1.29 is 9.90 Å². The third-order valence-corrected chi connectivity index (χ3v) is 4.83. The maximum atomic E-state index is 12.7. The third-order valence-electron chi connectivity index (χ3n) is 4.83. The Balaban J connectivity index is 2.01. The van der Waals surface area contributed by atoms with Crippen molar-refractivity contribution in [2.75, 3.05) is 19.6 Å². The molecule has 0 heterocycles. The minimum Gasteiger partial charge on any atom is -0.387 e. The van der Waals surface area contributed by atoms with Crippen LogP contribution in [0.1, 0.15) is 43.4 Å². The molecule has 1 saturated carbocycles. The first kappa shape index (κ1) is 17.0. The minimum atomic E-state index is -0.637. The van der Waals surface area contributed by atoms with E-state index >= 15 is 0 Å². The molecular weight excluding hydrogens is 276 g/mol. The number of benzene rings is 1. The number of likely N-dealkylation sites (N-methyl/N-ethyl adjacent to an activating group) is 1. The van der Waals surface area contributed by atoms with Crippen LogP contribution in [-0.4, -0.2) is 35.5 Å². The average molecular weight is 304 g/mol. The minimum absolute atomic E-state index is 0.0372. The number of rotatable bonds is 6. The van der Waals surface area contributed by atoms with Gasteiger partial charge in [0.2, 0.25) is 5.91 Å². The zero-order valence-electron chi connectivity index (χ0n) is 13.7. The van der Waals surface area contributed by atoms with Crippen LogP contribution in [0.3, 0.4) is 0 Å². The predicted octanol–water partition coefficient (Wildman–Crippen LogP) is 2.25. The summed E-state index contributed by atoms with van der Waals surface area (Å²) in [6, 6.07) is 7.82. The fraction of sp³-hybridized carbons (Fsp3) is 0.611. The van der Waals surface area contributed by atoms with Crippen LogP contribution in [0.2, 0.25) is 0 Å². The van der Waals surface area contributed by atoms with Gasteiger partial charge >= 0.3 is 0 Å². The molecule has 4 heteroatoms. The molecular formula is C18H28N2O2. The van der Waals surface area contributed by atoms with Gasteiger partial charge in [0.1, 0.15) is 0 Å². The van der Waals surface area contributed by atoms with Crippen molar-refractivity contribution >= 4 is 5.91 Å². The lowest BCUT2D eigenvalue weighted by atomic mass is 9.94. The van der Waals surface area contributed by atoms with E-state index in [2.05, 4.69) is 0 Å². The summed E-state index contributed by atoms with van der Waals surface area (Å²) >= 11 is 0. The molecule has 0 bridgehead atoms. The Morgan fingerprint density at radius 3 is 2.64 bits per heavy atom. The van der Waals surface area contributed by atoms with Gasteiger partial charge in [-0.15, -0.1) is 0 Å². The number of hydrogen-bond donors (Lipinski definition) is 2. The Labute approximate surface area is 133 Å². The first-order valence-electron chi connectivity index (χ1n) is 8.30. The van der Waals surface area contributed by atoms with Crippen LogP contribution < -0.4 is 5.73 Å². The zero-order chi connectivity index (χ0) is 16.1. The van der Waals surface area contributed by atoms with Crippen LogP contribution in [0.15, 0.2) is 24.3 Å². The Kier molecular flexibility index (Phi) is 5.98. The maximum absolute atomic E-state index is 12.7. The predicted molar refractivity (Wildman–Crippen MR) is 88.3 cm³/mol. The van der Waals surface area contributed by atoms with Gasteiger partial charge in [-0.25, -0.2) is 0 Å². The monoisotopic (exact) mass is 304 g/mol. The number of carbonyl (C=O) groups is 1. The summed E-state index contributed by atoms with van der Waals surface area (Å²) < 4.78 is 0. The number of nitrogens with zero attached hydrogens (tertiary/aromatic N) is 1. The van der Waals surface area contributed by atoms with Crippen molar-refractivity contribution in [1.29, 1.82) is 0 Å². The smallest absolute Gasteiger partial charge is 0.226 e. The second-order valence-corrected chi connectivity index (χ2v) is 6.34. The average Bonchev–Trinajstić information content (AvgIpc) is 3.01. The van der Waals surface area contributed by atoms with E-state index in [1.807, 2.05) is 38.1 Å². The molecule has 22 heavy (non-hydrogen) atoms. The van der Waals surface area contributed by atoms with Gasteiger partial charge in [0.15, 0.2) is 0 Å². The fourth-order valence-corrected chi connectivity index (χ4v) is 3.36. The second kappa shape index (κ2) is 7.75. The molecule has 2 rings (SSSR count). The van der Waals surface area contributed by atoms with E-state index in [9.17, 15) is 9.90 Å². The van der Waals surface area contributed by atoms with Crippen molar-refractivity contribution in [1.82, 2.24) is 4.90 Å². The number of amides is 1. The van der Waals surface area contributed by atoms with Gasteiger partial charge in [0, 0.05) is 12.5 Å². The molecule has 0 aliphatic heterocycles. The number of nitrogens with two attached hydrogens (primary N) is 1. The van der Waals surface area contributed by atoms with Crippen molar-refractivity contribution in [2.24, 2.45) is 17.6 Å². The molecule has 4 nitrogen and oxygen atoms in total. The summed E-state index contributed by atoms with van der Waals surface area (Å²) in [6.07, 6.45) is 2.42. The third kappa shape index (κ3) is 3.87. The molecule has 0 radical (unpaired) electrons. The Hall–Kier alpha value is -1.39. The SMILES string of the molecule is CCN(CC(O)c1ccc(C)cc1)C(=O)[C@@H]1CCC[C@@H]1CN. The van der Waals surface area contributed by atoms with Crippen molar-refractivity contribution in [3.8, 4) is 0 Å². The van der Waals surface area contributed by atoms with Gasteiger partial charge in [-0.05, 0) is 44.7 Å². The van der Waals surface area contributed by atoms with Crippen LogP contribution in [0.5, 0.6) is 0 Å². The van der Waals surface area contributed by atoms with E-state index < -0.39 is 6.10 Å². The molecule has 0 saturated heterocycles. The van der Waals surface area contributed by atoms with E-state index in [4.69, 9.17) is 5.73 Å². The largest absolute Gasteiger partial charge is 0.387 e. The highest BCUT2D eigenvalue weighted by molar-refractivity contribution is 5.79. The van der Waals surface area contributed by atoms with Gasteiger partial charge in [0.05, 0.1) is 12.6 Å². The fourth-order valence-electron chi connectivity index (χ4n) is 3.36. The summed E-state index contributed by atoms with van der Waals surface area (Å²) in [4.78, 5) is 14.5. The summed E-state index contributed by atoms with van der Waals surface area (Å²) in [5.74, 6) is 0.495. The lowest BCUT2D eigenvalue weighted by molar-refractivity contribution is -0.137. The Bertz CT molecular complexity index is 486. The molecule has 1 aliphatic carbocycles. The van der Waals surface area contributed by atoms with Crippen LogP contribution >= 0.6 is 0 Å². The summed E-state index contributed by atoms with van der Waals surface area (Å²) in [5, 5.41) is 10.4. The highest BCUT2D eigenvalue weighted by atomic mass is 16.3. The number of carbonyl (C=O) groups excluding carboxylic acids is 1. The maximum Gasteiger partial charge on any atom is 0.226 e. The second-order valence-electron chi connectivity index (χ2n) is 6.34. The number of aliphatic hydroxyl groups excluding tert-OH is 1. The van der Waals surface area contributed by atoms with Crippen LogP contribution in [0, 0.1) is 18.8 Å².